The fourth-order valence-corrected chi connectivity index (χ4v) is 3.14. The van der Waals surface area contributed by atoms with E-state index in [9.17, 15) is 0 Å². The van der Waals surface area contributed by atoms with Crippen LogP contribution in [-0.2, 0) is 13.0 Å². The third-order valence-electron chi connectivity index (χ3n) is 4.39. The van der Waals surface area contributed by atoms with Crippen LogP contribution in [-0.4, -0.2) is 39.8 Å². The van der Waals surface area contributed by atoms with Gasteiger partial charge in [-0.15, -0.1) is 10.2 Å². The summed E-state index contributed by atoms with van der Waals surface area (Å²) in [6, 6.07) is 0.0949. The zero-order valence-electron chi connectivity index (χ0n) is 11.2. The van der Waals surface area contributed by atoms with Gasteiger partial charge in [-0.1, -0.05) is 0 Å². The van der Waals surface area contributed by atoms with Crippen LogP contribution in [0.15, 0.2) is 0 Å². The van der Waals surface area contributed by atoms with E-state index < -0.39 is 0 Å². The fraction of sp³-hybridized carbons (Fsp3) is 0.846. The molecule has 1 aromatic heterocycles. The number of nitrogens with zero attached hydrogens (tertiary/aromatic N) is 4. The van der Waals surface area contributed by atoms with Crippen LogP contribution in [0.2, 0.25) is 0 Å². The Hall–Kier alpha value is -0.940. The molecule has 3 rings (SSSR count). The zero-order valence-corrected chi connectivity index (χ0v) is 11.2. The number of hydrogen-bond acceptors (Lipinski definition) is 4. The summed E-state index contributed by atoms with van der Waals surface area (Å²) in [6.07, 6.45) is 5.85. The molecule has 1 saturated heterocycles. The van der Waals surface area contributed by atoms with E-state index in [1.807, 2.05) is 0 Å². The monoisotopic (exact) mass is 249 g/mol. The number of piperidine rings is 1. The number of fused-ring (bicyclic) bond motifs is 1. The largest absolute Gasteiger partial charge is 0.321 e. The first-order chi connectivity index (χ1) is 8.74. The molecule has 18 heavy (non-hydrogen) atoms. The van der Waals surface area contributed by atoms with Crippen molar-refractivity contribution in [2.24, 2.45) is 11.7 Å². The van der Waals surface area contributed by atoms with Gasteiger partial charge in [0.05, 0.1) is 6.04 Å². The second-order valence-electron chi connectivity index (χ2n) is 5.83. The molecule has 100 valence electrons. The van der Waals surface area contributed by atoms with Crippen LogP contribution in [0.25, 0.3) is 0 Å². The Morgan fingerprint density at radius 2 is 1.94 bits per heavy atom. The van der Waals surface area contributed by atoms with Crippen molar-refractivity contribution in [3.05, 3.63) is 11.6 Å². The number of nitrogens with two attached hydrogens (primary N) is 1. The SMILES string of the molecule is CN1CCC(Cc2nnc3n2CCCC3N)CC1. The highest BCUT2D eigenvalue weighted by Gasteiger charge is 2.25. The van der Waals surface area contributed by atoms with E-state index in [0.717, 1.165) is 43.4 Å². The first kappa shape index (κ1) is 12.1. The summed E-state index contributed by atoms with van der Waals surface area (Å²) in [5.74, 6) is 2.94. The maximum absolute atomic E-state index is 6.08. The lowest BCUT2D eigenvalue weighted by atomic mass is 9.93. The average molecular weight is 249 g/mol. The smallest absolute Gasteiger partial charge is 0.149 e. The van der Waals surface area contributed by atoms with Crippen molar-refractivity contribution in [2.75, 3.05) is 20.1 Å². The first-order valence-corrected chi connectivity index (χ1v) is 7.10. The Morgan fingerprint density at radius 1 is 1.17 bits per heavy atom. The summed E-state index contributed by atoms with van der Waals surface area (Å²) in [5.41, 5.74) is 6.08. The Morgan fingerprint density at radius 3 is 2.72 bits per heavy atom. The van der Waals surface area contributed by atoms with Gasteiger partial charge < -0.3 is 15.2 Å². The molecule has 2 N–H and O–H groups in total. The zero-order chi connectivity index (χ0) is 12.5. The molecule has 2 aliphatic rings. The van der Waals surface area contributed by atoms with Gasteiger partial charge in [0, 0.05) is 13.0 Å². The molecule has 1 fully saturated rings. The van der Waals surface area contributed by atoms with Gasteiger partial charge in [0.25, 0.3) is 0 Å². The minimum atomic E-state index is 0.0949. The summed E-state index contributed by atoms with van der Waals surface area (Å²) in [6.45, 7) is 3.48. The van der Waals surface area contributed by atoms with E-state index in [4.69, 9.17) is 5.73 Å². The molecular weight excluding hydrogens is 226 g/mol. The van der Waals surface area contributed by atoms with Crippen molar-refractivity contribution in [3.63, 3.8) is 0 Å². The highest BCUT2D eigenvalue weighted by atomic mass is 15.3. The van der Waals surface area contributed by atoms with Gasteiger partial charge >= 0.3 is 0 Å². The lowest BCUT2D eigenvalue weighted by Crippen LogP contribution is -2.31. The fourth-order valence-electron chi connectivity index (χ4n) is 3.14. The molecule has 1 atom stereocenters. The molecule has 5 nitrogen and oxygen atoms in total. The summed E-state index contributed by atoms with van der Waals surface area (Å²) in [7, 11) is 2.20. The normalized spacial score (nSPS) is 26.2. The Labute approximate surface area is 108 Å². The summed E-state index contributed by atoms with van der Waals surface area (Å²) >= 11 is 0. The highest BCUT2D eigenvalue weighted by molar-refractivity contribution is 5.04. The molecule has 0 amide bonds. The number of aromatic nitrogens is 3. The predicted octanol–water partition coefficient (Wildman–Crippen LogP) is 0.956. The molecule has 0 aromatic carbocycles. The van der Waals surface area contributed by atoms with Crippen molar-refractivity contribution in [1.82, 2.24) is 19.7 Å². The van der Waals surface area contributed by atoms with Crippen molar-refractivity contribution in [1.29, 1.82) is 0 Å². The summed E-state index contributed by atoms with van der Waals surface area (Å²) < 4.78 is 2.27. The minimum Gasteiger partial charge on any atom is -0.321 e. The third kappa shape index (κ3) is 2.29. The first-order valence-electron chi connectivity index (χ1n) is 7.10. The Bertz CT molecular complexity index is 406. The van der Waals surface area contributed by atoms with Crippen LogP contribution in [0, 0.1) is 5.92 Å². The summed E-state index contributed by atoms with van der Waals surface area (Å²) in [5, 5.41) is 8.68. The van der Waals surface area contributed by atoms with Crippen molar-refractivity contribution < 1.29 is 0 Å². The van der Waals surface area contributed by atoms with Gasteiger partial charge in [0.2, 0.25) is 0 Å². The predicted molar refractivity (Wildman–Crippen MR) is 70.1 cm³/mol. The quantitative estimate of drug-likeness (QED) is 0.848. The van der Waals surface area contributed by atoms with Gasteiger partial charge in [-0.3, -0.25) is 0 Å². The standard InChI is InChI=1S/C13H23N5/c1-17-7-4-10(5-8-17)9-12-15-16-13-11(14)3-2-6-18(12)13/h10-11H,2-9,14H2,1H3. The lowest BCUT2D eigenvalue weighted by Gasteiger charge is -2.29. The van der Waals surface area contributed by atoms with Crippen LogP contribution < -0.4 is 5.73 Å². The highest BCUT2D eigenvalue weighted by Crippen LogP contribution is 2.25. The molecule has 0 bridgehead atoms. The maximum atomic E-state index is 6.08. The van der Waals surface area contributed by atoms with Crippen LogP contribution >= 0.6 is 0 Å². The van der Waals surface area contributed by atoms with Gasteiger partial charge in [-0.05, 0) is 51.7 Å². The van der Waals surface area contributed by atoms with Crippen LogP contribution in [0.5, 0.6) is 0 Å². The molecule has 2 aliphatic heterocycles. The number of hydrogen-bond donors (Lipinski definition) is 1. The molecule has 0 spiro atoms. The minimum absolute atomic E-state index is 0.0949. The molecule has 0 radical (unpaired) electrons. The van der Waals surface area contributed by atoms with E-state index in [1.54, 1.807) is 0 Å². The molecule has 1 aromatic rings. The van der Waals surface area contributed by atoms with Gasteiger partial charge in [0.15, 0.2) is 0 Å². The van der Waals surface area contributed by atoms with E-state index >= 15 is 0 Å². The van der Waals surface area contributed by atoms with E-state index in [2.05, 4.69) is 26.7 Å². The lowest BCUT2D eigenvalue weighted by molar-refractivity contribution is 0.216. The summed E-state index contributed by atoms with van der Waals surface area (Å²) in [4.78, 5) is 2.41. The Kier molecular flexibility index (Phi) is 3.35. The molecule has 0 saturated carbocycles. The van der Waals surface area contributed by atoms with Crippen molar-refractivity contribution >= 4 is 0 Å². The topological polar surface area (TPSA) is 60.0 Å². The average Bonchev–Trinajstić information content (AvgIpc) is 2.77. The van der Waals surface area contributed by atoms with Crippen LogP contribution in [0.4, 0.5) is 0 Å². The third-order valence-corrected chi connectivity index (χ3v) is 4.39. The molecule has 5 heteroatoms. The van der Waals surface area contributed by atoms with Crippen LogP contribution in [0.1, 0.15) is 43.4 Å². The van der Waals surface area contributed by atoms with E-state index in [1.165, 1.54) is 25.9 Å². The van der Waals surface area contributed by atoms with Crippen LogP contribution in [0.3, 0.4) is 0 Å². The maximum Gasteiger partial charge on any atom is 0.149 e. The number of likely N-dealkylation sites (tertiary alicyclic amines) is 1. The second kappa shape index (κ2) is 4.97. The molecule has 1 unspecified atom stereocenters. The Balaban J connectivity index is 1.70. The number of rotatable bonds is 2. The van der Waals surface area contributed by atoms with Crippen molar-refractivity contribution in [2.45, 2.75) is 44.7 Å². The molecule has 0 aliphatic carbocycles. The van der Waals surface area contributed by atoms with E-state index in [-0.39, 0.29) is 6.04 Å². The van der Waals surface area contributed by atoms with Crippen molar-refractivity contribution in [3.8, 4) is 0 Å². The van der Waals surface area contributed by atoms with Gasteiger partial charge in [0.1, 0.15) is 11.6 Å². The van der Waals surface area contributed by atoms with E-state index in [0.29, 0.717) is 0 Å². The second-order valence-corrected chi connectivity index (χ2v) is 5.83. The molecule has 3 heterocycles. The van der Waals surface area contributed by atoms with Gasteiger partial charge in [-0.2, -0.15) is 0 Å². The molecular formula is C13H23N5. The van der Waals surface area contributed by atoms with Gasteiger partial charge in [-0.25, -0.2) is 0 Å².